The summed E-state index contributed by atoms with van der Waals surface area (Å²) in [4.78, 5) is 27.0. The summed E-state index contributed by atoms with van der Waals surface area (Å²) in [5.74, 6) is -5.92. The van der Waals surface area contributed by atoms with Gasteiger partial charge in [0.2, 0.25) is 5.91 Å². The summed E-state index contributed by atoms with van der Waals surface area (Å²) in [6.45, 7) is -0.487. The number of aromatic nitrogens is 1. The fraction of sp³-hybridized carbons (Fsp3) is 0.0588. The molecule has 0 fully saturated rings. The zero-order valence-corrected chi connectivity index (χ0v) is 14.6. The van der Waals surface area contributed by atoms with Gasteiger partial charge in [-0.3, -0.25) is 9.59 Å². The molecule has 0 saturated heterocycles. The number of aromatic amines is 1. The predicted octanol–water partition coefficient (Wildman–Crippen LogP) is 3.72. The average molecular weight is 426 g/mol. The van der Waals surface area contributed by atoms with Gasteiger partial charge in [-0.25, -0.2) is 13.2 Å². The van der Waals surface area contributed by atoms with Gasteiger partial charge in [0.1, 0.15) is 5.69 Å². The Bertz CT molecular complexity index is 1020. The Morgan fingerprint density at radius 1 is 1.04 bits per heavy atom. The van der Waals surface area contributed by atoms with Gasteiger partial charge in [0.05, 0.1) is 16.7 Å². The van der Waals surface area contributed by atoms with Crippen LogP contribution in [0.4, 0.5) is 18.9 Å². The normalized spacial score (nSPS) is 10.8. The van der Waals surface area contributed by atoms with Crippen molar-refractivity contribution in [1.82, 2.24) is 10.3 Å². The van der Waals surface area contributed by atoms with Crippen LogP contribution in [0.2, 0.25) is 0 Å². The smallest absolute Gasteiger partial charge is 0.269 e. The first kappa shape index (κ1) is 18.0. The second-order valence-electron chi connectivity index (χ2n) is 5.31. The molecule has 9 heteroatoms. The number of rotatable bonds is 4. The maximum absolute atomic E-state index is 13.5. The van der Waals surface area contributed by atoms with Gasteiger partial charge in [0, 0.05) is 10.9 Å². The number of carbonyl (C=O) groups is 2. The van der Waals surface area contributed by atoms with Gasteiger partial charge >= 0.3 is 0 Å². The number of hydrogen-bond acceptors (Lipinski definition) is 2. The number of hydrogen-bond donors (Lipinski definition) is 3. The topological polar surface area (TPSA) is 74.0 Å². The lowest BCUT2D eigenvalue weighted by Crippen LogP contribution is -2.33. The fourth-order valence-electron chi connectivity index (χ4n) is 2.33. The molecule has 0 unspecified atom stereocenters. The number of amides is 2. The van der Waals surface area contributed by atoms with E-state index in [0.29, 0.717) is 10.5 Å². The number of carbonyl (C=O) groups excluding carboxylic acids is 2. The van der Waals surface area contributed by atoms with Crippen LogP contribution in [0.3, 0.4) is 0 Å². The Kier molecular flexibility index (Phi) is 4.99. The largest absolute Gasteiger partial charge is 0.350 e. The third-order valence-corrected chi connectivity index (χ3v) is 4.41. The van der Waals surface area contributed by atoms with Crippen LogP contribution in [0, 0.1) is 17.5 Å². The molecule has 3 N–H and O–H groups in total. The second-order valence-corrected chi connectivity index (χ2v) is 6.11. The first-order valence-electron chi connectivity index (χ1n) is 7.36. The minimum absolute atomic E-state index is 0.220. The number of anilines is 1. The molecule has 0 spiro atoms. The first-order valence-corrected chi connectivity index (χ1v) is 8.15. The van der Waals surface area contributed by atoms with E-state index < -0.39 is 41.5 Å². The van der Waals surface area contributed by atoms with Gasteiger partial charge in [-0.05, 0) is 34.1 Å². The minimum atomic E-state index is -1.69. The van der Waals surface area contributed by atoms with Crippen molar-refractivity contribution in [2.45, 2.75) is 0 Å². The Balaban J connectivity index is 1.66. The predicted molar refractivity (Wildman–Crippen MR) is 93.3 cm³/mol. The molecule has 0 saturated carbocycles. The van der Waals surface area contributed by atoms with Gasteiger partial charge in [-0.1, -0.05) is 18.2 Å². The van der Waals surface area contributed by atoms with E-state index in [1.165, 1.54) is 0 Å². The van der Waals surface area contributed by atoms with Crippen molar-refractivity contribution in [3.8, 4) is 0 Å². The molecule has 26 heavy (non-hydrogen) atoms. The molecule has 0 atom stereocenters. The van der Waals surface area contributed by atoms with E-state index in [1.54, 1.807) is 12.1 Å². The van der Waals surface area contributed by atoms with Crippen molar-refractivity contribution in [3.63, 3.8) is 0 Å². The molecule has 1 aromatic heterocycles. The molecule has 0 radical (unpaired) electrons. The van der Waals surface area contributed by atoms with Crippen LogP contribution in [0.1, 0.15) is 10.5 Å². The zero-order chi connectivity index (χ0) is 18.8. The summed E-state index contributed by atoms with van der Waals surface area (Å²) >= 11 is 3.32. The number of para-hydroxylation sites is 1. The van der Waals surface area contributed by atoms with Crippen molar-refractivity contribution in [3.05, 3.63) is 64.0 Å². The lowest BCUT2D eigenvalue weighted by molar-refractivity contribution is -0.115. The molecule has 3 aromatic rings. The highest BCUT2D eigenvalue weighted by atomic mass is 79.9. The zero-order valence-electron chi connectivity index (χ0n) is 13.0. The van der Waals surface area contributed by atoms with Crippen molar-refractivity contribution in [1.29, 1.82) is 0 Å². The summed E-state index contributed by atoms with van der Waals surface area (Å²) in [7, 11) is 0. The molecule has 2 aromatic carbocycles. The van der Waals surface area contributed by atoms with E-state index in [1.807, 2.05) is 12.1 Å². The van der Waals surface area contributed by atoms with Crippen LogP contribution in [0.15, 0.2) is 40.9 Å². The van der Waals surface area contributed by atoms with E-state index in [4.69, 9.17) is 0 Å². The highest BCUT2D eigenvalue weighted by Gasteiger charge is 2.18. The van der Waals surface area contributed by atoms with Crippen LogP contribution in [-0.4, -0.2) is 23.3 Å². The molecular formula is C17H11BrF3N3O2. The van der Waals surface area contributed by atoms with Crippen molar-refractivity contribution in [2.75, 3.05) is 11.9 Å². The van der Waals surface area contributed by atoms with E-state index >= 15 is 0 Å². The van der Waals surface area contributed by atoms with Crippen LogP contribution in [-0.2, 0) is 4.79 Å². The van der Waals surface area contributed by atoms with Crippen molar-refractivity contribution < 1.29 is 22.8 Å². The van der Waals surface area contributed by atoms with Crippen LogP contribution >= 0.6 is 15.9 Å². The van der Waals surface area contributed by atoms with E-state index in [2.05, 4.69) is 31.5 Å². The first-order chi connectivity index (χ1) is 12.4. The van der Waals surface area contributed by atoms with Gasteiger partial charge in [-0.15, -0.1) is 0 Å². The summed E-state index contributed by atoms with van der Waals surface area (Å²) < 4.78 is 40.1. The molecule has 1 heterocycles. The SMILES string of the molecule is O=C(CNC(=O)c1[nH]c2ccccc2c1Br)Nc1ccc(F)c(F)c1F. The van der Waals surface area contributed by atoms with Gasteiger partial charge < -0.3 is 15.6 Å². The third-order valence-electron chi connectivity index (χ3n) is 3.59. The number of H-pyrrole nitrogens is 1. The lowest BCUT2D eigenvalue weighted by Gasteiger charge is -2.08. The molecule has 134 valence electrons. The maximum Gasteiger partial charge on any atom is 0.269 e. The van der Waals surface area contributed by atoms with Crippen LogP contribution in [0.25, 0.3) is 10.9 Å². The standard InChI is InChI=1S/C17H11BrF3N3O2/c18-13-8-3-1-2-4-10(8)24-16(13)17(26)22-7-12(25)23-11-6-5-9(19)14(20)15(11)21/h1-6,24H,7H2,(H,22,26)(H,23,25). The summed E-state index contributed by atoms with van der Waals surface area (Å²) in [6.07, 6.45) is 0. The Morgan fingerprint density at radius 3 is 2.50 bits per heavy atom. The van der Waals surface area contributed by atoms with Crippen LogP contribution in [0.5, 0.6) is 0 Å². The van der Waals surface area contributed by atoms with Crippen molar-refractivity contribution >= 4 is 44.3 Å². The Morgan fingerprint density at radius 2 is 1.77 bits per heavy atom. The van der Waals surface area contributed by atoms with Crippen molar-refractivity contribution in [2.24, 2.45) is 0 Å². The lowest BCUT2D eigenvalue weighted by atomic mass is 10.2. The molecule has 0 aliphatic heterocycles. The van der Waals surface area contributed by atoms with Gasteiger partial charge in [-0.2, -0.15) is 0 Å². The third kappa shape index (κ3) is 3.43. The molecular weight excluding hydrogens is 415 g/mol. The molecule has 3 rings (SSSR count). The highest BCUT2D eigenvalue weighted by molar-refractivity contribution is 9.10. The Hall–Kier alpha value is -2.81. The monoisotopic (exact) mass is 425 g/mol. The average Bonchev–Trinajstić information content (AvgIpc) is 2.97. The highest BCUT2D eigenvalue weighted by Crippen LogP contribution is 2.27. The molecule has 2 amide bonds. The molecule has 0 bridgehead atoms. The number of fused-ring (bicyclic) bond motifs is 1. The fourth-order valence-corrected chi connectivity index (χ4v) is 2.95. The van der Waals surface area contributed by atoms with Crippen LogP contribution < -0.4 is 10.6 Å². The molecule has 0 aliphatic carbocycles. The van der Waals surface area contributed by atoms with E-state index in [0.717, 1.165) is 17.0 Å². The number of nitrogens with one attached hydrogen (secondary N) is 3. The summed E-state index contributed by atoms with van der Waals surface area (Å²) in [6, 6.07) is 8.79. The Labute approximate surface area is 153 Å². The number of halogens is 4. The van der Waals surface area contributed by atoms with Gasteiger partial charge in [0.25, 0.3) is 5.91 Å². The number of benzene rings is 2. The maximum atomic E-state index is 13.5. The molecule has 5 nitrogen and oxygen atoms in total. The van der Waals surface area contributed by atoms with Gasteiger partial charge in [0.15, 0.2) is 17.5 Å². The quantitative estimate of drug-likeness (QED) is 0.557. The second kappa shape index (κ2) is 7.20. The van der Waals surface area contributed by atoms with E-state index in [-0.39, 0.29) is 5.69 Å². The minimum Gasteiger partial charge on any atom is -0.350 e. The summed E-state index contributed by atoms with van der Waals surface area (Å²) in [5, 5.41) is 5.23. The summed E-state index contributed by atoms with van der Waals surface area (Å²) in [5.41, 5.74) is 0.436. The van der Waals surface area contributed by atoms with E-state index in [9.17, 15) is 22.8 Å². The molecule has 0 aliphatic rings.